The minimum Gasteiger partial charge on any atom is -0.461 e. The van der Waals surface area contributed by atoms with Gasteiger partial charge < -0.3 is 9.47 Å². The average Bonchev–Trinajstić information content (AvgIpc) is 2.13. The maximum Gasteiger partial charge on any atom is 0.350 e. The number of hydrogen-bond acceptors (Lipinski definition) is 4. The van der Waals surface area contributed by atoms with Crippen LogP contribution in [0.25, 0.3) is 0 Å². The number of ether oxygens (including phenoxy) is 2. The second kappa shape index (κ2) is 5.86. The summed E-state index contributed by atoms with van der Waals surface area (Å²) in [6, 6.07) is 0. The van der Waals surface area contributed by atoms with Crippen LogP contribution in [0.2, 0.25) is 0 Å². The van der Waals surface area contributed by atoms with Crippen molar-refractivity contribution in [1.82, 2.24) is 0 Å². The SMILES string of the molecule is CCC(=O)OC(C)(C)C(=O)OCCCl. The number of rotatable bonds is 5. The molecule has 0 aromatic heterocycles. The number of alkyl halides is 1. The second-order valence-corrected chi connectivity index (χ2v) is 3.54. The van der Waals surface area contributed by atoms with Gasteiger partial charge in [0.25, 0.3) is 0 Å². The molecule has 14 heavy (non-hydrogen) atoms. The molecule has 0 heterocycles. The Morgan fingerprint density at radius 3 is 2.36 bits per heavy atom. The van der Waals surface area contributed by atoms with Crippen LogP contribution in [-0.2, 0) is 19.1 Å². The van der Waals surface area contributed by atoms with Gasteiger partial charge in [0.05, 0.1) is 5.88 Å². The van der Waals surface area contributed by atoms with Gasteiger partial charge >= 0.3 is 11.9 Å². The molecule has 82 valence electrons. The largest absolute Gasteiger partial charge is 0.461 e. The van der Waals surface area contributed by atoms with E-state index in [9.17, 15) is 9.59 Å². The normalized spacial score (nSPS) is 10.9. The first-order valence-corrected chi connectivity index (χ1v) is 4.92. The van der Waals surface area contributed by atoms with Crippen LogP contribution in [0.1, 0.15) is 27.2 Å². The Hall–Kier alpha value is -0.770. The van der Waals surface area contributed by atoms with E-state index in [1.54, 1.807) is 6.92 Å². The molecule has 4 nitrogen and oxygen atoms in total. The molecule has 5 heteroatoms. The van der Waals surface area contributed by atoms with Gasteiger partial charge in [-0.2, -0.15) is 0 Å². The zero-order valence-corrected chi connectivity index (χ0v) is 9.39. The maximum absolute atomic E-state index is 11.3. The van der Waals surface area contributed by atoms with Gasteiger partial charge in [-0.3, -0.25) is 4.79 Å². The second-order valence-electron chi connectivity index (χ2n) is 3.16. The Kier molecular flexibility index (Phi) is 5.53. The molecule has 0 aromatic carbocycles. The number of carbonyl (C=O) groups excluding carboxylic acids is 2. The molecule has 0 aliphatic heterocycles. The summed E-state index contributed by atoms with van der Waals surface area (Å²) in [5.74, 6) is -0.790. The van der Waals surface area contributed by atoms with Crippen LogP contribution in [-0.4, -0.2) is 30.0 Å². The van der Waals surface area contributed by atoms with E-state index >= 15 is 0 Å². The highest BCUT2D eigenvalue weighted by molar-refractivity contribution is 6.18. The van der Waals surface area contributed by atoms with E-state index < -0.39 is 17.5 Å². The minimum atomic E-state index is -1.24. The summed E-state index contributed by atoms with van der Waals surface area (Å²) in [5, 5.41) is 0. The van der Waals surface area contributed by atoms with Gasteiger partial charge in [0.15, 0.2) is 0 Å². The molecule has 0 atom stereocenters. The average molecular weight is 223 g/mol. The highest BCUT2D eigenvalue weighted by Gasteiger charge is 2.33. The van der Waals surface area contributed by atoms with Crippen molar-refractivity contribution >= 4 is 23.5 Å². The molecular weight excluding hydrogens is 208 g/mol. The van der Waals surface area contributed by atoms with Gasteiger partial charge in [0.2, 0.25) is 5.60 Å². The summed E-state index contributed by atoms with van der Waals surface area (Å²) in [4.78, 5) is 22.3. The fraction of sp³-hybridized carbons (Fsp3) is 0.778. The number of halogens is 1. The molecule has 0 radical (unpaired) electrons. The number of esters is 2. The number of carbonyl (C=O) groups is 2. The van der Waals surface area contributed by atoms with Crippen molar-refractivity contribution in [3.8, 4) is 0 Å². The van der Waals surface area contributed by atoms with E-state index in [0.29, 0.717) is 0 Å². The van der Waals surface area contributed by atoms with Crippen LogP contribution >= 0.6 is 11.6 Å². The van der Waals surface area contributed by atoms with Gasteiger partial charge in [-0.15, -0.1) is 11.6 Å². The first kappa shape index (κ1) is 13.2. The van der Waals surface area contributed by atoms with E-state index in [4.69, 9.17) is 21.1 Å². The molecule has 0 amide bonds. The summed E-state index contributed by atoms with van der Waals surface area (Å²) in [6.07, 6.45) is 0.228. The van der Waals surface area contributed by atoms with E-state index in [1.165, 1.54) is 13.8 Å². The molecule has 0 unspecified atom stereocenters. The van der Waals surface area contributed by atoms with Crippen molar-refractivity contribution in [3.63, 3.8) is 0 Å². The molecule has 0 aliphatic carbocycles. The number of hydrogen-bond donors (Lipinski definition) is 0. The van der Waals surface area contributed by atoms with Crippen LogP contribution in [0, 0.1) is 0 Å². The Labute approximate surface area is 88.5 Å². The van der Waals surface area contributed by atoms with Gasteiger partial charge in [-0.25, -0.2) is 4.79 Å². The highest BCUT2D eigenvalue weighted by Crippen LogP contribution is 2.12. The summed E-state index contributed by atoms with van der Waals surface area (Å²) in [7, 11) is 0. The van der Waals surface area contributed by atoms with E-state index in [-0.39, 0.29) is 18.9 Å². The lowest BCUT2D eigenvalue weighted by atomic mass is 10.1. The van der Waals surface area contributed by atoms with Crippen molar-refractivity contribution in [2.45, 2.75) is 32.8 Å². The maximum atomic E-state index is 11.3. The van der Waals surface area contributed by atoms with Crippen LogP contribution in [0.3, 0.4) is 0 Å². The fourth-order valence-electron chi connectivity index (χ4n) is 0.703. The van der Waals surface area contributed by atoms with Crippen LogP contribution in [0.5, 0.6) is 0 Å². The predicted molar refractivity (Wildman–Crippen MR) is 52.1 cm³/mol. The lowest BCUT2D eigenvalue weighted by Crippen LogP contribution is -2.38. The third-order valence-electron chi connectivity index (χ3n) is 1.46. The Bertz CT molecular complexity index is 213. The molecule has 0 aliphatic rings. The lowest BCUT2D eigenvalue weighted by molar-refractivity contribution is -0.178. The molecule has 0 fully saturated rings. The first-order chi connectivity index (χ1) is 6.44. The van der Waals surface area contributed by atoms with Crippen molar-refractivity contribution < 1.29 is 19.1 Å². The van der Waals surface area contributed by atoms with Crippen molar-refractivity contribution in [2.75, 3.05) is 12.5 Å². The van der Waals surface area contributed by atoms with E-state index in [1.807, 2.05) is 0 Å². The van der Waals surface area contributed by atoms with Gasteiger partial charge in [-0.05, 0) is 13.8 Å². The molecular formula is C9H15ClO4. The smallest absolute Gasteiger partial charge is 0.350 e. The molecule has 0 saturated carbocycles. The van der Waals surface area contributed by atoms with Gasteiger partial charge in [0.1, 0.15) is 6.61 Å². The van der Waals surface area contributed by atoms with Crippen LogP contribution in [0.4, 0.5) is 0 Å². The summed E-state index contributed by atoms with van der Waals surface area (Å²) in [6.45, 7) is 4.74. The summed E-state index contributed by atoms with van der Waals surface area (Å²) >= 11 is 5.34. The minimum absolute atomic E-state index is 0.119. The molecule has 0 bridgehead atoms. The predicted octanol–water partition coefficient (Wildman–Crippen LogP) is 1.50. The Morgan fingerprint density at radius 2 is 1.93 bits per heavy atom. The first-order valence-electron chi connectivity index (χ1n) is 4.39. The Balaban J connectivity index is 4.15. The van der Waals surface area contributed by atoms with Crippen molar-refractivity contribution in [2.24, 2.45) is 0 Å². The molecule has 0 saturated heterocycles. The monoisotopic (exact) mass is 222 g/mol. The molecule has 0 N–H and O–H groups in total. The molecule has 0 rings (SSSR count). The van der Waals surface area contributed by atoms with Crippen LogP contribution in [0.15, 0.2) is 0 Å². The summed E-state index contributed by atoms with van der Waals surface area (Å²) in [5.41, 5.74) is -1.24. The van der Waals surface area contributed by atoms with E-state index in [0.717, 1.165) is 0 Å². The fourth-order valence-corrected chi connectivity index (χ4v) is 0.781. The zero-order valence-electron chi connectivity index (χ0n) is 8.63. The topological polar surface area (TPSA) is 52.6 Å². The summed E-state index contributed by atoms with van der Waals surface area (Å²) < 4.78 is 9.64. The quantitative estimate of drug-likeness (QED) is 0.523. The van der Waals surface area contributed by atoms with Crippen LogP contribution < -0.4 is 0 Å². The standard InChI is InChI=1S/C9H15ClO4/c1-4-7(11)14-9(2,3)8(12)13-6-5-10/h4-6H2,1-3H3. The van der Waals surface area contributed by atoms with Gasteiger partial charge in [0, 0.05) is 6.42 Å². The molecule has 0 spiro atoms. The molecule has 0 aromatic rings. The third kappa shape index (κ3) is 4.46. The van der Waals surface area contributed by atoms with E-state index in [2.05, 4.69) is 0 Å². The zero-order chi connectivity index (χ0) is 11.2. The van der Waals surface area contributed by atoms with Gasteiger partial charge in [-0.1, -0.05) is 6.92 Å². The lowest BCUT2D eigenvalue weighted by Gasteiger charge is -2.22. The Morgan fingerprint density at radius 1 is 1.36 bits per heavy atom. The van der Waals surface area contributed by atoms with Crippen molar-refractivity contribution in [3.05, 3.63) is 0 Å². The van der Waals surface area contributed by atoms with Crippen molar-refractivity contribution in [1.29, 1.82) is 0 Å². The third-order valence-corrected chi connectivity index (χ3v) is 1.61. The highest BCUT2D eigenvalue weighted by atomic mass is 35.5.